The van der Waals surface area contributed by atoms with Gasteiger partial charge < -0.3 is 10.1 Å². The van der Waals surface area contributed by atoms with Crippen molar-refractivity contribution in [3.8, 4) is 5.75 Å². The van der Waals surface area contributed by atoms with Crippen molar-refractivity contribution in [1.29, 1.82) is 0 Å². The van der Waals surface area contributed by atoms with Gasteiger partial charge in [0.1, 0.15) is 11.6 Å². The predicted molar refractivity (Wildman–Crippen MR) is 99.5 cm³/mol. The number of rotatable bonds is 4. The molecule has 0 fully saturated rings. The molecule has 1 N–H and O–H groups in total. The zero-order valence-electron chi connectivity index (χ0n) is 13.5. The quantitative estimate of drug-likeness (QED) is 0.720. The molecule has 1 aromatic heterocycles. The maximum atomic E-state index is 12.5. The van der Waals surface area contributed by atoms with E-state index in [4.69, 9.17) is 4.74 Å². The first-order chi connectivity index (χ1) is 11.6. The first-order valence-corrected chi connectivity index (χ1v) is 8.34. The monoisotopic (exact) mass is 384 g/mol. The van der Waals surface area contributed by atoms with Crippen LogP contribution >= 0.6 is 15.9 Å². The number of amides is 1. The van der Waals surface area contributed by atoms with Crippen molar-refractivity contribution in [3.63, 3.8) is 0 Å². The molecule has 0 aliphatic carbocycles. The number of ether oxygens (including phenoxy) is 1. The summed E-state index contributed by atoms with van der Waals surface area (Å²) in [5.41, 5.74) is 1.92. The maximum absolute atomic E-state index is 12.5. The van der Waals surface area contributed by atoms with Crippen LogP contribution in [0.25, 0.3) is 10.8 Å². The van der Waals surface area contributed by atoms with Crippen LogP contribution in [-0.4, -0.2) is 18.0 Å². The van der Waals surface area contributed by atoms with Gasteiger partial charge >= 0.3 is 0 Å². The second-order valence-electron chi connectivity index (χ2n) is 5.56. The Morgan fingerprint density at radius 3 is 2.79 bits per heavy atom. The van der Waals surface area contributed by atoms with Gasteiger partial charge in [0.25, 0.3) is 0 Å². The highest BCUT2D eigenvalue weighted by Gasteiger charge is 2.13. The van der Waals surface area contributed by atoms with Gasteiger partial charge in [-0.2, -0.15) is 0 Å². The van der Waals surface area contributed by atoms with Crippen molar-refractivity contribution in [3.05, 3.63) is 64.3 Å². The molecule has 4 nitrogen and oxygen atoms in total. The Balaban J connectivity index is 1.92. The molecule has 1 heterocycles. The maximum Gasteiger partial charge on any atom is 0.230 e. The van der Waals surface area contributed by atoms with E-state index in [1.54, 1.807) is 13.3 Å². The number of pyridine rings is 1. The van der Waals surface area contributed by atoms with E-state index in [2.05, 4.69) is 26.2 Å². The van der Waals surface area contributed by atoms with E-state index in [-0.39, 0.29) is 12.3 Å². The fourth-order valence-corrected chi connectivity index (χ4v) is 3.05. The third-order valence-corrected chi connectivity index (χ3v) is 4.28. The van der Waals surface area contributed by atoms with E-state index in [1.807, 2.05) is 49.4 Å². The Morgan fingerprint density at radius 2 is 2.04 bits per heavy atom. The molecule has 5 heteroatoms. The molecular formula is C19H17BrN2O2. The van der Waals surface area contributed by atoms with Crippen LogP contribution in [0.5, 0.6) is 5.75 Å². The summed E-state index contributed by atoms with van der Waals surface area (Å²) in [6.45, 7) is 1.96. The standard InChI is InChI=1S/C19H17BrN2O2/c1-12-7-8-21-18(9-12)22-19(23)11-16-15-5-4-14(20)10-13(15)3-6-17(16)24-2/h3-10H,11H2,1-2H3,(H,21,22,23). The summed E-state index contributed by atoms with van der Waals surface area (Å²) in [5, 5.41) is 4.91. The Labute approximate surface area is 149 Å². The number of fused-ring (bicyclic) bond motifs is 1. The summed E-state index contributed by atoms with van der Waals surface area (Å²) in [6, 6.07) is 13.6. The van der Waals surface area contributed by atoms with Crippen LogP contribution in [0, 0.1) is 6.92 Å². The summed E-state index contributed by atoms with van der Waals surface area (Å²) in [6.07, 6.45) is 1.90. The summed E-state index contributed by atoms with van der Waals surface area (Å²) in [7, 11) is 1.61. The molecule has 0 aliphatic rings. The minimum Gasteiger partial charge on any atom is -0.496 e. The van der Waals surface area contributed by atoms with Crippen LogP contribution in [0.4, 0.5) is 5.82 Å². The van der Waals surface area contributed by atoms with Gasteiger partial charge in [0, 0.05) is 16.2 Å². The zero-order valence-corrected chi connectivity index (χ0v) is 15.1. The Kier molecular flexibility index (Phi) is 4.81. The lowest BCUT2D eigenvalue weighted by Gasteiger charge is -2.12. The molecule has 0 saturated carbocycles. The minimum atomic E-state index is -0.123. The highest BCUT2D eigenvalue weighted by molar-refractivity contribution is 9.10. The number of aryl methyl sites for hydroxylation is 1. The van der Waals surface area contributed by atoms with E-state index < -0.39 is 0 Å². The lowest BCUT2D eigenvalue weighted by Crippen LogP contribution is -2.16. The normalized spacial score (nSPS) is 10.6. The summed E-state index contributed by atoms with van der Waals surface area (Å²) in [4.78, 5) is 16.6. The smallest absolute Gasteiger partial charge is 0.230 e. The first-order valence-electron chi connectivity index (χ1n) is 7.54. The highest BCUT2D eigenvalue weighted by Crippen LogP contribution is 2.30. The average molecular weight is 385 g/mol. The van der Waals surface area contributed by atoms with Crippen LogP contribution in [0.1, 0.15) is 11.1 Å². The highest BCUT2D eigenvalue weighted by atomic mass is 79.9. The van der Waals surface area contributed by atoms with Crippen LogP contribution in [-0.2, 0) is 11.2 Å². The molecule has 3 aromatic rings. The van der Waals surface area contributed by atoms with Crippen LogP contribution < -0.4 is 10.1 Å². The number of methoxy groups -OCH3 is 1. The molecule has 0 radical (unpaired) electrons. The number of carbonyl (C=O) groups is 1. The van der Waals surface area contributed by atoms with Gasteiger partial charge in [-0.15, -0.1) is 0 Å². The predicted octanol–water partition coefficient (Wildman–Crippen LogP) is 4.50. The molecule has 0 saturated heterocycles. The molecule has 0 unspecified atom stereocenters. The molecule has 1 amide bonds. The molecule has 0 bridgehead atoms. The number of halogens is 1. The molecule has 0 atom stereocenters. The van der Waals surface area contributed by atoms with Crippen LogP contribution in [0.3, 0.4) is 0 Å². The molecule has 122 valence electrons. The van der Waals surface area contributed by atoms with Gasteiger partial charge in [0.15, 0.2) is 0 Å². The Morgan fingerprint density at radius 1 is 1.21 bits per heavy atom. The minimum absolute atomic E-state index is 0.123. The lowest BCUT2D eigenvalue weighted by molar-refractivity contribution is -0.115. The van der Waals surface area contributed by atoms with Gasteiger partial charge in [-0.3, -0.25) is 4.79 Å². The number of hydrogen-bond donors (Lipinski definition) is 1. The summed E-state index contributed by atoms with van der Waals surface area (Å²) in [5.74, 6) is 1.14. The van der Waals surface area contributed by atoms with E-state index in [9.17, 15) is 4.79 Å². The molecular weight excluding hydrogens is 368 g/mol. The van der Waals surface area contributed by atoms with E-state index in [0.29, 0.717) is 11.6 Å². The van der Waals surface area contributed by atoms with Gasteiger partial charge in [0.05, 0.1) is 13.5 Å². The number of nitrogens with zero attached hydrogens (tertiary/aromatic N) is 1. The largest absolute Gasteiger partial charge is 0.496 e. The average Bonchev–Trinajstić information content (AvgIpc) is 2.54. The van der Waals surface area contributed by atoms with E-state index in [0.717, 1.165) is 26.4 Å². The van der Waals surface area contributed by atoms with Crippen molar-refractivity contribution in [2.24, 2.45) is 0 Å². The van der Waals surface area contributed by atoms with E-state index in [1.165, 1.54) is 0 Å². The van der Waals surface area contributed by atoms with Crippen molar-refractivity contribution in [1.82, 2.24) is 4.98 Å². The number of benzene rings is 2. The van der Waals surface area contributed by atoms with Crippen molar-refractivity contribution >= 4 is 38.4 Å². The second kappa shape index (κ2) is 7.01. The fraction of sp³-hybridized carbons (Fsp3) is 0.158. The molecule has 0 aliphatic heterocycles. The zero-order chi connectivity index (χ0) is 17.1. The second-order valence-corrected chi connectivity index (χ2v) is 6.47. The Bertz CT molecular complexity index is 909. The summed E-state index contributed by atoms with van der Waals surface area (Å²) >= 11 is 3.48. The fourth-order valence-electron chi connectivity index (χ4n) is 2.67. The van der Waals surface area contributed by atoms with E-state index >= 15 is 0 Å². The topological polar surface area (TPSA) is 51.2 Å². The van der Waals surface area contributed by atoms with Gasteiger partial charge in [0.2, 0.25) is 5.91 Å². The molecule has 2 aromatic carbocycles. The number of carbonyl (C=O) groups excluding carboxylic acids is 1. The molecule has 24 heavy (non-hydrogen) atoms. The number of nitrogens with one attached hydrogen (secondary N) is 1. The molecule has 0 spiro atoms. The number of anilines is 1. The van der Waals surface area contributed by atoms with Crippen LogP contribution in [0.2, 0.25) is 0 Å². The Hall–Kier alpha value is -2.40. The summed E-state index contributed by atoms with van der Waals surface area (Å²) < 4.78 is 6.45. The third kappa shape index (κ3) is 3.57. The van der Waals surface area contributed by atoms with Crippen molar-refractivity contribution in [2.45, 2.75) is 13.3 Å². The lowest BCUT2D eigenvalue weighted by atomic mass is 10.0. The van der Waals surface area contributed by atoms with Crippen molar-refractivity contribution in [2.75, 3.05) is 12.4 Å². The van der Waals surface area contributed by atoms with Crippen molar-refractivity contribution < 1.29 is 9.53 Å². The third-order valence-electron chi connectivity index (χ3n) is 3.79. The molecule has 3 rings (SSSR count). The number of hydrogen-bond acceptors (Lipinski definition) is 3. The van der Waals surface area contributed by atoms with Gasteiger partial charge in [-0.25, -0.2) is 4.98 Å². The van der Waals surface area contributed by atoms with Gasteiger partial charge in [-0.05, 0) is 53.6 Å². The van der Waals surface area contributed by atoms with Gasteiger partial charge in [-0.1, -0.05) is 28.1 Å². The van der Waals surface area contributed by atoms with Crippen LogP contribution in [0.15, 0.2) is 53.1 Å². The first kappa shape index (κ1) is 16.5. The number of aromatic nitrogens is 1. The SMILES string of the molecule is COc1ccc2cc(Br)ccc2c1CC(=O)Nc1cc(C)ccn1.